The van der Waals surface area contributed by atoms with E-state index in [0.717, 1.165) is 6.42 Å². The molecule has 2 amide bonds. The number of β-amino-alcohol motifs (C(OH)–C–C–N with tert-alkyl or cyclic N) is 1. The fraction of sp³-hybridized carbons (Fsp3) is 0.875. The fourth-order valence-electron chi connectivity index (χ4n) is 3.79. The number of rotatable bonds is 4. The van der Waals surface area contributed by atoms with Crippen molar-refractivity contribution in [1.82, 2.24) is 14.7 Å². The van der Waals surface area contributed by atoms with Crippen molar-refractivity contribution in [2.24, 2.45) is 0 Å². The third-order valence-electron chi connectivity index (χ3n) is 5.29. The van der Waals surface area contributed by atoms with Crippen molar-refractivity contribution in [2.45, 2.75) is 43.6 Å². The highest BCUT2D eigenvalue weighted by atomic mass is 19.3. The van der Waals surface area contributed by atoms with Crippen LogP contribution in [-0.4, -0.2) is 89.0 Å². The van der Waals surface area contributed by atoms with Crippen LogP contribution in [0.15, 0.2) is 0 Å². The molecule has 0 aliphatic carbocycles. The standard InChI is InChI=1S/C16H25F2N3O3/c17-16(18)4-7-19(8-5-16)11-15(24)3-9-21(12-15)14(23)10-20-6-1-2-13(20)22/h24H,1-12H2. The summed E-state index contributed by atoms with van der Waals surface area (Å²) in [6, 6.07) is 0. The fourth-order valence-corrected chi connectivity index (χ4v) is 3.79. The summed E-state index contributed by atoms with van der Waals surface area (Å²) in [4.78, 5) is 28.9. The van der Waals surface area contributed by atoms with E-state index in [0.29, 0.717) is 32.5 Å². The van der Waals surface area contributed by atoms with Crippen LogP contribution in [0.5, 0.6) is 0 Å². The molecule has 1 N–H and O–H groups in total. The smallest absolute Gasteiger partial charge is 0.250 e. The molecule has 1 unspecified atom stereocenters. The zero-order valence-electron chi connectivity index (χ0n) is 13.8. The lowest BCUT2D eigenvalue weighted by molar-refractivity contribution is -0.138. The van der Waals surface area contributed by atoms with Crippen LogP contribution < -0.4 is 0 Å². The number of carbonyl (C=O) groups is 2. The number of likely N-dealkylation sites (tertiary alicyclic amines) is 3. The lowest BCUT2D eigenvalue weighted by atomic mass is 10.00. The summed E-state index contributed by atoms with van der Waals surface area (Å²) in [5.41, 5.74) is -1.04. The van der Waals surface area contributed by atoms with Gasteiger partial charge in [-0.15, -0.1) is 0 Å². The predicted molar refractivity (Wildman–Crippen MR) is 82.6 cm³/mol. The van der Waals surface area contributed by atoms with Crippen LogP contribution in [-0.2, 0) is 9.59 Å². The molecule has 0 aromatic rings. The van der Waals surface area contributed by atoms with E-state index < -0.39 is 11.5 Å². The third kappa shape index (κ3) is 4.03. The monoisotopic (exact) mass is 345 g/mol. The molecule has 1 atom stereocenters. The molecule has 8 heteroatoms. The van der Waals surface area contributed by atoms with Gasteiger partial charge in [0.05, 0.1) is 18.7 Å². The highest BCUT2D eigenvalue weighted by Crippen LogP contribution is 2.30. The van der Waals surface area contributed by atoms with Crippen LogP contribution in [0.3, 0.4) is 0 Å². The number of piperidine rings is 1. The number of hydrogen-bond acceptors (Lipinski definition) is 4. The number of carbonyl (C=O) groups excluding carboxylic acids is 2. The van der Waals surface area contributed by atoms with Crippen LogP contribution in [0.25, 0.3) is 0 Å². The number of alkyl halides is 2. The average molecular weight is 345 g/mol. The topological polar surface area (TPSA) is 64.1 Å². The van der Waals surface area contributed by atoms with Gasteiger partial charge in [0.1, 0.15) is 0 Å². The Bertz CT molecular complexity index is 507. The van der Waals surface area contributed by atoms with Crippen molar-refractivity contribution in [3.63, 3.8) is 0 Å². The maximum atomic E-state index is 13.2. The molecule has 6 nitrogen and oxygen atoms in total. The molecule has 3 aliphatic heterocycles. The molecule has 3 rings (SSSR count). The van der Waals surface area contributed by atoms with Crippen molar-refractivity contribution >= 4 is 11.8 Å². The van der Waals surface area contributed by atoms with E-state index in [1.54, 1.807) is 9.80 Å². The third-order valence-corrected chi connectivity index (χ3v) is 5.29. The van der Waals surface area contributed by atoms with E-state index in [4.69, 9.17) is 0 Å². The molecule has 0 saturated carbocycles. The van der Waals surface area contributed by atoms with Gasteiger partial charge in [-0.2, -0.15) is 0 Å². The van der Waals surface area contributed by atoms with Gasteiger partial charge in [-0.1, -0.05) is 0 Å². The van der Waals surface area contributed by atoms with Gasteiger partial charge < -0.3 is 14.9 Å². The van der Waals surface area contributed by atoms with Gasteiger partial charge in [0.15, 0.2) is 0 Å². The second-order valence-corrected chi connectivity index (χ2v) is 7.34. The van der Waals surface area contributed by atoms with Crippen LogP contribution in [0.2, 0.25) is 0 Å². The molecule has 136 valence electrons. The highest BCUT2D eigenvalue weighted by Gasteiger charge is 2.42. The summed E-state index contributed by atoms with van der Waals surface area (Å²) in [5.74, 6) is -2.74. The van der Waals surface area contributed by atoms with Crippen molar-refractivity contribution in [3.8, 4) is 0 Å². The summed E-state index contributed by atoms with van der Waals surface area (Å²) in [7, 11) is 0. The van der Waals surface area contributed by atoms with E-state index in [1.807, 2.05) is 4.90 Å². The molecule has 0 aromatic carbocycles. The van der Waals surface area contributed by atoms with Gasteiger partial charge in [0, 0.05) is 52.0 Å². The van der Waals surface area contributed by atoms with Crippen molar-refractivity contribution in [1.29, 1.82) is 0 Å². The molecule has 0 aromatic heterocycles. The van der Waals surface area contributed by atoms with Gasteiger partial charge in [-0.05, 0) is 12.8 Å². The second-order valence-electron chi connectivity index (χ2n) is 7.34. The summed E-state index contributed by atoms with van der Waals surface area (Å²) in [6.07, 6.45) is 1.37. The van der Waals surface area contributed by atoms with Crippen LogP contribution in [0, 0.1) is 0 Å². The quantitative estimate of drug-likeness (QED) is 0.796. The van der Waals surface area contributed by atoms with Gasteiger partial charge in [-0.25, -0.2) is 8.78 Å². The van der Waals surface area contributed by atoms with Crippen LogP contribution in [0.1, 0.15) is 32.1 Å². The lowest BCUT2D eigenvalue weighted by Crippen LogP contribution is -2.50. The largest absolute Gasteiger partial charge is 0.387 e. The van der Waals surface area contributed by atoms with Crippen molar-refractivity contribution in [3.05, 3.63) is 0 Å². The Labute approximate surface area is 140 Å². The maximum Gasteiger partial charge on any atom is 0.250 e. The summed E-state index contributed by atoms with van der Waals surface area (Å²) in [5, 5.41) is 10.7. The molecular formula is C16H25F2N3O3. The number of nitrogens with zero attached hydrogens (tertiary/aromatic N) is 3. The molecule has 0 spiro atoms. The second kappa shape index (κ2) is 6.55. The average Bonchev–Trinajstić information content (AvgIpc) is 3.09. The van der Waals surface area contributed by atoms with Gasteiger partial charge in [0.25, 0.3) is 5.92 Å². The molecule has 3 saturated heterocycles. The minimum atomic E-state index is -2.60. The Morgan fingerprint density at radius 2 is 1.83 bits per heavy atom. The summed E-state index contributed by atoms with van der Waals surface area (Å²) >= 11 is 0. The minimum Gasteiger partial charge on any atom is -0.387 e. The first kappa shape index (κ1) is 17.5. The molecule has 3 aliphatic rings. The predicted octanol–water partition coefficient (Wildman–Crippen LogP) is 0.303. The Balaban J connectivity index is 1.48. The van der Waals surface area contributed by atoms with Crippen molar-refractivity contribution < 1.29 is 23.5 Å². The minimum absolute atomic E-state index is 0.00653. The Morgan fingerprint density at radius 3 is 2.46 bits per heavy atom. The molecule has 3 heterocycles. The summed E-state index contributed by atoms with van der Waals surface area (Å²) < 4.78 is 26.4. The highest BCUT2D eigenvalue weighted by molar-refractivity contribution is 5.86. The number of amides is 2. The van der Waals surface area contributed by atoms with Crippen LogP contribution in [0.4, 0.5) is 8.78 Å². The Morgan fingerprint density at radius 1 is 1.12 bits per heavy atom. The lowest BCUT2D eigenvalue weighted by Gasteiger charge is -2.36. The van der Waals surface area contributed by atoms with E-state index in [-0.39, 0.29) is 50.8 Å². The Kier molecular flexibility index (Phi) is 4.79. The number of halogens is 2. The van der Waals surface area contributed by atoms with Gasteiger partial charge in [0.2, 0.25) is 11.8 Å². The first-order chi connectivity index (χ1) is 11.3. The van der Waals surface area contributed by atoms with E-state index >= 15 is 0 Å². The zero-order valence-corrected chi connectivity index (χ0v) is 13.8. The SMILES string of the molecule is O=C1CCCN1CC(=O)N1CCC(O)(CN2CCC(F)(F)CC2)C1. The van der Waals surface area contributed by atoms with E-state index in [9.17, 15) is 23.5 Å². The molecule has 3 fully saturated rings. The molecular weight excluding hydrogens is 320 g/mol. The van der Waals surface area contributed by atoms with Gasteiger partial charge in [-0.3, -0.25) is 14.5 Å². The first-order valence-electron chi connectivity index (χ1n) is 8.65. The van der Waals surface area contributed by atoms with E-state index in [2.05, 4.69) is 0 Å². The van der Waals surface area contributed by atoms with Crippen LogP contribution >= 0.6 is 0 Å². The molecule has 0 radical (unpaired) electrons. The zero-order chi connectivity index (χ0) is 17.4. The molecule has 0 bridgehead atoms. The maximum absolute atomic E-state index is 13.2. The number of aliphatic hydroxyl groups is 1. The van der Waals surface area contributed by atoms with E-state index in [1.165, 1.54) is 0 Å². The van der Waals surface area contributed by atoms with Gasteiger partial charge >= 0.3 is 0 Å². The van der Waals surface area contributed by atoms with Crippen molar-refractivity contribution in [2.75, 3.05) is 45.8 Å². The molecule has 24 heavy (non-hydrogen) atoms. The normalized spacial score (nSPS) is 31.0. The first-order valence-corrected chi connectivity index (χ1v) is 8.65. The number of hydrogen-bond donors (Lipinski definition) is 1. The Hall–Kier alpha value is -1.28. The summed E-state index contributed by atoms with van der Waals surface area (Å²) in [6.45, 7) is 2.20.